The number of aromatic nitrogens is 3. The van der Waals surface area contributed by atoms with Gasteiger partial charge in [-0.15, -0.1) is 0 Å². The van der Waals surface area contributed by atoms with E-state index >= 15 is 0 Å². The zero-order chi connectivity index (χ0) is 9.97. The standard InChI is InChI=1S/C9H6FN3O/c10-7-3-1-2-6(4-7)9-11-8(5-14)12-13-9/h1-5H,(H,11,12,13). The second kappa shape index (κ2) is 3.37. The Kier molecular flexibility index (Phi) is 2.06. The zero-order valence-electron chi connectivity index (χ0n) is 7.07. The smallest absolute Gasteiger partial charge is 0.189 e. The summed E-state index contributed by atoms with van der Waals surface area (Å²) in [5.41, 5.74) is 0.536. The first-order valence-corrected chi connectivity index (χ1v) is 3.93. The van der Waals surface area contributed by atoms with Crippen LogP contribution in [0.15, 0.2) is 24.3 Å². The average molecular weight is 191 g/mol. The first-order chi connectivity index (χ1) is 6.79. The van der Waals surface area contributed by atoms with Crippen molar-refractivity contribution in [3.05, 3.63) is 35.9 Å². The summed E-state index contributed by atoms with van der Waals surface area (Å²) in [5.74, 6) is 0.0795. The Morgan fingerprint density at radius 2 is 2.29 bits per heavy atom. The quantitative estimate of drug-likeness (QED) is 0.730. The third kappa shape index (κ3) is 1.52. The third-order valence-electron chi connectivity index (χ3n) is 1.70. The maximum atomic E-state index is 12.8. The van der Waals surface area contributed by atoms with E-state index in [1.807, 2.05) is 0 Å². The van der Waals surface area contributed by atoms with Gasteiger partial charge >= 0.3 is 0 Å². The molecule has 0 fully saturated rings. The molecule has 1 aromatic carbocycles. The van der Waals surface area contributed by atoms with Crippen molar-refractivity contribution in [2.24, 2.45) is 0 Å². The van der Waals surface area contributed by atoms with Crippen molar-refractivity contribution in [3.8, 4) is 11.4 Å². The van der Waals surface area contributed by atoms with Gasteiger partial charge in [0.1, 0.15) is 5.82 Å². The van der Waals surface area contributed by atoms with Crippen molar-refractivity contribution in [2.45, 2.75) is 0 Å². The maximum absolute atomic E-state index is 12.8. The molecular formula is C9H6FN3O. The van der Waals surface area contributed by atoms with Crippen LogP contribution in [0.25, 0.3) is 11.4 Å². The van der Waals surface area contributed by atoms with Crippen LogP contribution in [0, 0.1) is 5.82 Å². The molecule has 0 aliphatic carbocycles. The molecule has 0 spiro atoms. The monoisotopic (exact) mass is 191 g/mol. The second-order valence-corrected chi connectivity index (χ2v) is 2.67. The highest BCUT2D eigenvalue weighted by molar-refractivity contribution is 5.70. The van der Waals surface area contributed by atoms with Crippen LogP contribution in [0.1, 0.15) is 10.6 Å². The van der Waals surface area contributed by atoms with Crippen LogP contribution in [0.5, 0.6) is 0 Å². The fraction of sp³-hybridized carbons (Fsp3) is 0. The Hall–Kier alpha value is -2.04. The van der Waals surface area contributed by atoms with Gasteiger partial charge in [0.25, 0.3) is 0 Å². The Balaban J connectivity index is 2.43. The molecule has 0 unspecified atom stereocenters. The molecule has 0 saturated heterocycles. The Morgan fingerprint density at radius 3 is 2.93 bits per heavy atom. The van der Waals surface area contributed by atoms with Crippen molar-refractivity contribution in [3.63, 3.8) is 0 Å². The predicted octanol–water partition coefficient (Wildman–Crippen LogP) is 1.42. The van der Waals surface area contributed by atoms with Gasteiger partial charge < -0.3 is 0 Å². The van der Waals surface area contributed by atoms with E-state index in [9.17, 15) is 9.18 Å². The van der Waals surface area contributed by atoms with Crippen LogP contribution in [-0.4, -0.2) is 21.5 Å². The predicted molar refractivity (Wildman–Crippen MR) is 47.2 cm³/mol. The Labute approximate surface area is 78.8 Å². The number of nitrogens with one attached hydrogen (secondary N) is 1. The number of benzene rings is 1. The maximum Gasteiger partial charge on any atom is 0.189 e. The molecule has 1 heterocycles. The highest BCUT2D eigenvalue weighted by Gasteiger charge is 2.05. The molecule has 0 radical (unpaired) electrons. The van der Waals surface area contributed by atoms with Crippen LogP contribution in [0.4, 0.5) is 4.39 Å². The topological polar surface area (TPSA) is 58.6 Å². The minimum atomic E-state index is -0.361. The van der Waals surface area contributed by atoms with Gasteiger partial charge in [-0.1, -0.05) is 12.1 Å². The van der Waals surface area contributed by atoms with E-state index in [1.54, 1.807) is 12.1 Å². The lowest BCUT2D eigenvalue weighted by molar-refractivity contribution is 0.111. The van der Waals surface area contributed by atoms with E-state index in [0.717, 1.165) is 0 Å². The number of aldehydes is 1. The van der Waals surface area contributed by atoms with Crippen LogP contribution in [0.3, 0.4) is 0 Å². The fourth-order valence-electron chi connectivity index (χ4n) is 1.08. The van der Waals surface area contributed by atoms with Gasteiger partial charge in [-0.2, -0.15) is 5.10 Å². The molecule has 2 rings (SSSR count). The molecular weight excluding hydrogens is 185 g/mol. The van der Waals surface area contributed by atoms with Gasteiger partial charge in [-0.25, -0.2) is 9.37 Å². The molecule has 0 aliphatic heterocycles. The zero-order valence-corrected chi connectivity index (χ0v) is 7.07. The molecule has 0 aliphatic rings. The van der Waals surface area contributed by atoms with E-state index in [2.05, 4.69) is 15.2 Å². The number of hydrogen-bond acceptors (Lipinski definition) is 3. The lowest BCUT2D eigenvalue weighted by Crippen LogP contribution is -1.83. The van der Waals surface area contributed by atoms with E-state index in [4.69, 9.17) is 0 Å². The van der Waals surface area contributed by atoms with E-state index < -0.39 is 0 Å². The fourth-order valence-corrected chi connectivity index (χ4v) is 1.08. The van der Waals surface area contributed by atoms with Gasteiger partial charge in [0.05, 0.1) is 0 Å². The first-order valence-electron chi connectivity index (χ1n) is 3.93. The molecule has 1 N–H and O–H groups in total. The number of aromatic amines is 1. The van der Waals surface area contributed by atoms with Gasteiger partial charge in [-0.05, 0) is 12.1 Å². The van der Waals surface area contributed by atoms with Crippen LogP contribution in [0.2, 0.25) is 0 Å². The minimum absolute atomic E-state index is 0.129. The number of rotatable bonds is 2. The summed E-state index contributed by atoms with van der Waals surface area (Å²) in [5, 5.41) is 6.19. The van der Waals surface area contributed by atoms with E-state index in [1.165, 1.54) is 12.1 Å². The summed E-state index contributed by atoms with van der Waals surface area (Å²) in [7, 11) is 0. The molecule has 0 saturated carbocycles. The number of halogens is 1. The van der Waals surface area contributed by atoms with E-state index in [0.29, 0.717) is 17.7 Å². The third-order valence-corrected chi connectivity index (χ3v) is 1.70. The molecule has 2 aromatic rings. The highest BCUT2D eigenvalue weighted by Crippen LogP contribution is 2.14. The van der Waals surface area contributed by atoms with Crippen molar-refractivity contribution >= 4 is 6.29 Å². The highest BCUT2D eigenvalue weighted by atomic mass is 19.1. The minimum Gasteiger partial charge on any atom is -0.294 e. The van der Waals surface area contributed by atoms with Crippen LogP contribution < -0.4 is 0 Å². The first kappa shape index (κ1) is 8.55. The number of H-pyrrole nitrogens is 1. The molecule has 0 atom stereocenters. The van der Waals surface area contributed by atoms with Crippen molar-refractivity contribution in [2.75, 3.05) is 0 Å². The SMILES string of the molecule is O=Cc1nc(-c2cccc(F)c2)n[nH]1. The summed E-state index contributed by atoms with van der Waals surface area (Å²) in [6.07, 6.45) is 0.551. The summed E-state index contributed by atoms with van der Waals surface area (Å²) in [4.78, 5) is 14.1. The summed E-state index contributed by atoms with van der Waals surface area (Å²) < 4.78 is 12.8. The molecule has 4 nitrogen and oxygen atoms in total. The van der Waals surface area contributed by atoms with Crippen LogP contribution >= 0.6 is 0 Å². The Morgan fingerprint density at radius 1 is 1.43 bits per heavy atom. The summed E-state index contributed by atoms with van der Waals surface area (Å²) in [6.45, 7) is 0. The number of nitrogens with zero attached hydrogens (tertiary/aromatic N) is 2. The molecule has 1 aromatic heterocycles. The second-order valence-electron chi connectivity index (χ2n) is 2.67. The van der Waals surface area contributed by atoms with Crippen molar-refractivity contribution in [1.29, 1.82) is 0 Å². The van der Waals surface area contributed by atoms with Gasteiger partial charge in [0.2, 0.25) is 0 Å². The molecule has 0 bridgehead atoms. The lowest BCUT2D eigenvalue weighted by atomic mass is 10.2. The van der Waals surface area contributed by atoms with Crippen molar-refractivity contribution in [1.82, 2.24) is 15.2 Å². The van der Waals surface area contributed by atoms with E-state index in [-0.39, 0.29) is 11.6 Å². The molecule has 0 amide bonds. The van der Waals surface area contributed by atoms with Gasteiger partial charge in [-0.3, -0.25) is 9.89 Å². The normalized spacial score (nSPS) is 10.1. The molecule has 5 heteroatoms. The average Bonchev–Trinajstić information content (AvgIpc) is 2.66. The van der Waals surface area contributed by atoms with Gasteiger partial charge in [0.15, 0.2) is 17.9 Å². The summed E-state index contributed by atoms with van der Waals surface area (Å²) >= 11 is 0. The van der Waals surface area contributed by atoms with Crippen LogP contribution in [-0.2, 0) is 0 Å². The van der Waals surface area contributed by atoms with Gasteiger partial charge in [0, 0.05) is 5.56 Å². The van der Waals surface area contributed by atoms with Crippen molar-refractivity contribution < 1.29 is 9.18 Å². The molecule has 70 valence electrons. The number of hydrogen-bond donors (Lipinski definition) is 1. The number of carbonyl (C=O) groups is 1. The summed E-state index contributed by atoms with van der Waals surface area (Å²) in [6, 6.07) is 5.86. The number of carbonyl (C=O) groups excluding carboxylic acids is 1. The Bertz CT molecular complexity index is 467. The lowest BCUT2D eigenvalue weighted by Gasteiger charge is -1.93. The largest absolute Gasteiger partial charge is 0.294 e. The molecule has 14 heavy (non-hydrogen) atoms.